The summed E-state index contributed by atoms with van der Waals surface area (Å²) >= 11 is 0. The molecule has 1 unspecified atom stereocenters. The van der Waals surface area contributed by atoms with E-state index in [1.165, 1.54) is 0 Å². The van der Waals surface area contributed by atoms with Crippen LogP contribution in [0.25, 0.3) is 0 Å². The molecule has 79 valence electrons. The molecule has 0 fully saturated rings. The van der Waals surface area contributed by atoms with Crippen LogP contribution in [0.2, 0.25) is 0 Å². The van der Waals surface area contributed by atoms with Crippen LogP contribution in [0.15, 0.2) is 0 Å². The molecule has 0 aromatic rings. The predicted molar refractivity (Wildman–Crippen MR) is 59.3 cm³/mol. The average Bonchev–Trinajstić information content (AvgIpc) is 2.00. The third-order valence-corrected chi connectivity index (χ3v) is 2.07. The van der Waals surface area contributed by atoms with E-state index in [1.807, 2.05) is 13.8 Å². The molecule has 14 heavy (non-hydrogen) atoms. The van der Waals surface area contributed by atoms with E-state index < -0.39 is 5.41 Å². The first-order chi connectivity index (χ1) is 5.80. The number of hydrogen-bond donors (Lipinski definition) is 0. The zero-order chi connectivity index (χ0) is 10.6. The largest absolute Gasteiger partial charge is 0.291 e. The minimum absolute atomic E-state index is 0. The van der Waals surface area contributed by atoms with Crippen molar-refractivity contribution >= 4 is 37.4 Å². The standard InChI is InChI=1S/C11H20O2.In/c1-6-7-8(2)9(12)10(13)11(3,4)5;/h8H,6-7H2,1-5H3;. The fourth-order valence-electron chi connectivity index (χ4n) is 1.16. The van der Waals surface area contributed by atoms with Gasteiger partial charge < -0.3 is 0 Å². The number of Topliss-reactive ketones (excluding diaryl/α,β-unsaturated/α-hetero) is 2. The number of rotatable bonds is 4. The van der Waals surface area contributed by atoms with Crippen LogP contribution in [-0.4, -0.2) is 37.4 Å². The first kappa shape index (κ1) is 16.6. The smallest absolute Gasteiger partial charge is 0.203 e. The number of hydrogen-bond acceptors (Lipinski definition) is 2. The van der Waals surface area contributed by atoms with Crippen LogP contribution in [0, 0.1) is 11.3 Å². The molecular formula is C11H20InO2. The third kappa shape index (κ3) is 5.18. The second kappa shape index (κ2) is 6.65. The van der Waals surface area contributed by atoms with Crippen LogP contribution in [0.1, 0.15) is 47.5 Å². The Morgan fingerprint density at radius 1 is 1.21 bits per heavy atom. The zero-order valence-corrected chi connectivity index (χ0v) is 13.2. The van der Waals surface area contributed by atoms with Gasteiger partial charge in [0.25, 0.3) is 0 Å². The van der Waals surface area contributed by atoms with Gasteiger partial charge in [-0.15, -0.1) is 0 Å². The molecule has 0 aromatic heterocycles. The van der Waals surface area contributed by atoms with Gasteiger partial charge in [-0.05, 0) is 6.42 Å². The van der Waals surface area contributed by atoms with Gasteiger partial charge in [0, 0.05) is 37.2 Å². The summed E-state index contributed by atoms with van der Waals surface area (Å²) in [5.41, 5.74) is -0.529. The molecule has 0 rings (SSSR count). The Labute approximate surface area is 106 Å². The van der Waals surface area contributed by atoms with Gasteiger partial charge in [-0.3, -0.25) is 9.59 Å². The van der Waals surface area contributed by atoms with Gasteiger partial charge in [0.05, 0.1) is 0 Å². The number of ketones is 2. The van der Waals surface area contributed by atoms with Crippen molar-refractivity contribution in [2.24, 2.45) is 11.3 Å². The first-order valence-electron chi connectivity index (χ1n) is 4.89. The van der Waals surface area contributed by atoms with E-state index >= 15 is 0 Å². The van der Waals surface area contributed by atoms with E-state index in [9.17, 15) is 9.59 Å². The maximum atomic E-state index is 11.5. The minimum Gasteiger partial charge on any atom is -0.291 e. The van der Waals surface area contributed by atoms with Gasteiger partial charge in [0.1, 0.15) is 0 Å². The van der Waals surface area contributed by atoms with Gasteiger partial charge in [-0.25, -0.2) is 0 Å². The van der Waals surface area contributed by atoms with Crippen molar-refractivity contribution in [3.63, 3.8) is 0 Å². The maximum Gasteiger partial charge on any atom is 0.203 e. The Bertz CT molecular complexity index is 204. The molecule has 0 aromatic carbocycles. The molecule has 0 aliphatic heterocycles. The van der Waals surface area contributed by atoms with Crippen molar-refractivity contribution in [2.75, 3.05) is 0 Å². The van der Waals surface area contributed by atoms with E-state index in [-0.39, 0.29) is 43.3 Å². The molecule has 3 radical (unpaired) electrons. The molecule has 0 bridgehead atoms. The Morgan fingerprint density at radius 3 is 1.93 bits per heavy atom. The quantitative estimate of drug-likeness (QED) is 0.746. The SMILES string of the molecule is CCCC(C)C(=O)C(=O)C(C)(C)C.[In]. The summed E-state index contributed by atoms with van der Waals surface area (Å²) in [4.78, 5) is 23.1. The summed E-state index contributed by atoms with van der Waals surface area (Å²) in [6, 6.07) is 0. The predicted octanol–water partition coefficient (Wildman–Crippen LogP) is 2.23. The fourth-order valence-corrected chi connectivity index (χ4v) is 1.16. The molecule has 0 saturated carbocycles. The first-order valence-corrected chi connectivity index (χ1v) is 4.89. The van der Waals surface area contributed by atoms with Gasteiger partial charge >= 0.3 is 0 Å². The van der Waals surface area contributed by atoms with Gasteiger partial charge in [0.15, 0.2) is 0 Å². The average molecular weight is 299 g/mol. The van der Waals surface area contributed by atoms with Crippen molar-refractivity contribution in [1.29, 1.82) is 0 Å². The van der Waals surface area contributed by atoms with Gasteiger partial charge in [0.2, 0.25) is 11.6 Å². The van der Waals surface area contributed by atoms with Crippen LogP contribution in [0.4, 0.5) is 0 Å². The molecule has 0 heterocycles. The van der Waals surface area contributed by atoms with Crippen LogP contribution in [0.3, 0.4) is 0 Å². The van der Waals surface area contributed by atoms with Crippen LogP contribution >= 0.6 is 0 Å². The van der Waals surface area contributed by atoms with Crippen LogP contribution in [-0.2, 0) is 9.59 Å². The summed E-state index contributed by atoms with van der Waals surface area (Å²) in [6.45, 7) is 9.20. The molecule has 0 aliphatic rings. The molecule has 0 amide bonds. The fraction of sp³-hybridized carbons (Fsp3) is 0.818. The van der Waals surface area contributed by atoms with E-state index in [0.29, 0.717) is 0 Å². The van der Waals surface area contributed by atoms with E-state index in [0.717, 1.165) is 12.8 Å². The molecule has 0 saturated heterocycles. The van der Waals surface area contributed by atoms with Gasteiger partial charge in [-0.2, -0.15) is 0 Å². The topological polar surface area (TPSA) is 34.1 Å². The number of carbonyl (C=O) groups excluding carboxylic acids is 2. The Balaban J connectivity index is 0. The zero-order valence-electron chi connectivity index (χ0n) is 9.89. The second-order valence-electron chi connectivity index (χ2n) is 4.63. The van der Waals surface area contributed by atoms with E-state index in [2.05, 4.69) is 0 Å². The molecular weight excluding hydrogens is 279 g/mol. The van der Waals surface area contributed by atoms with Crippen molar-refractivity contribution in [3.05, 3.63) is 0 Å². The number of carbonyl (C=O) groups is 2. The summed E-state index contributed by atoms with van der Waals surface area (Å²) in [7, 11) is 0. The van der Waals surface area contributed by atoms with Crippen molar-refractivity contribution in [2.45, 2.75) is 47.5 Å². The van der Waals surface area contributed by atoms with Crippen LogP contribution < -0.4 is 0 Å². The molecule has 0 aliphatic carbocycles. The Hall–Kier alpha value is 0.210. The molecule has 0 spiro atoms. The van der Waals surface area contributed by atoms with Crippen molar-refractivity contribution < 1.29 is 9.59 Å². The second-order valence-corrected chi connectivity index (χ2v) is 4.63. The maximum absolute atomic E-state index is 11.5. The molecule has 2 nitrogen and oxygen atoms in total. The normalized spacial score (nSPS) is 12.9. The van der Waals surface area contributed by atoms with Gasteiger partial charge in [-0.1, -0.05) is 41.0 Å². The third-order valence-electron chi connectivity index (χ3n) is 2.07. The monoisotopic (exact) mass is 299 g/mol. The Morgan fingerprint density at radius 2 is 1.64 bits per heavy atom. The van der Waals surface area contributed by atoms with E-state index in [1.54, 1.807) is 20.8 Å². The molecule has 1 atom stereocenters. The Kier molecular flexibility index (Phi) is 7.90. The molecule has 3 heteroatoms. The molecule has 0 N–H and O–H groups in total. The summed E-state index contributed by atoms with van der Waals surface area (Å²) < 4.78 is 0. The summed E-state index contributed by atoms with van der Waals surface area (Å²) in [6.07, 6.45) is 1.75. The van der Waals surface area contributed by atoms with Crippen LogP contribution in [0.5, 0.6) is 0 Å². The minimum atomic E-state index is -0.529. The summed E-state index contributed by atoms with van der Waals surface area (Å²) in [5, 5.41) is 0. The van der Waals surface area contributed by atoms with Crippen molar-refractivity contribution in [1.82, 2.24) is 0 Å². The summed E-state index contributed by atoms with van der Waals surface area (Å²) in [5.74, 6) is -0.570. The van der Waals surface area contributed by atoms with Crippen molar-refractivity contribution in [3.8, 4) is 0 Å². The van der Waals surface area contributed by atoms with E-state index in [4.69, 9.17) is 0 Å².